The molecule has 2 aliphatic rings. The van der Waals surface area contributed by atoms with Crippen LogP contribution in [0.15, 0.2) is 48.5 Å². The van der Waals surface area contributed by atoms with E-state index in [1.54, 1.807) is 12.1 Å². The zero-order valence-corrected chi connectivity index (χ0v) is 17.8. The van der Waals surface area contributed by atoms with E-state index in [1.165, 1.54) is 18.4 Å². The number of nitrogens with zero attached hydrogens (tertiary/aromatic N) is 2. The summed E-state index contributed by atoms with van der Waals surface area (Å²) in [6, 6.07) is 15.1. The summed E-state index contributed by atoms with van der Waals surface area (Å²) in [4.78, 5) is 30.0. The molecular formula is C25H31N3O2. The Balaban J connectivity index is 1.41. The smallest absolute Gasteiger partial charge is 0.255 e. The number of nitrogens with one attached hydrogen (secondary N) is 1. The Morgan fingerprint density at radius 2 is 1.70 bits per heavy atom. The SMILES string of the molecule is C[C@H]1CCCN(Cc2ccc(C(=O)Nc3ccccc3C(=O)N3CCCC3)cc2)C1. The van der Waals surface area contributed by atoms with Crippen molar-refractivity contribution in [2.24, 2.45) is 5.92 Å². The number of para-hydroxylation sites is 1. The maximum Gasteiger partial charge on any atom is 0.255 e. The second kappa shape index (κ2) is 9.43. The lowest BCUT2D eigenvalue weighted by atomic mass is 9.99. The summed E-state index contributed by atoms with van der Waals surface area (Å²) in [5, 5.41) is 2.94. The Morgan fingerprint density at radius 3 is 2.43 bits per heavy atom. The van der Waals surface area contributed by atoms with Gasteiger partial charge in [0.25, 0.3) is 11.8 Å². The van der Waals surface area contributed by atoms with Crippen LogP contribution in [0.25, 0.3) is 0 Å². The Hall–Kier alpha value is -2.66. The molecule has 0 aromatic heterocycles. The second-order valence-electron chi connectivity index (χ2n) is 8.68. The third kappa shape index (κ3) is 4.90. The number of amides is 2. The van der Waals surface area contributed by atoms with E-state index in [0.29, 0.717) is 16.8 Å². The summed E-state index contributed by atoms with van der Waals surface area (Å²) in [5.41, 5.74) is 2.97. The molecule has 1 N–H and O–H groups in total. The monoisotopic (exact) mass is 405 g/mol. The highest BCUT2D eigenvalue weighted by Crippen LogP contribution is 2.22. The molecule has 2 amide bonds. The lowest BCUT2D eigenvalue weighted by Crippen LogP contribution is -2.33. The van der Waals surface area contributed by atoms with Crippen LogP contribution in [-0.2, 0) is 6.54 Å². The van der Waals surface area contributed by atoms with Crippen molar-refractivity contribution in [1.29, 1.82) is 0 Å². The third-order valence-corrected chi connectivity index (χ3v) is 6.16. The molecule has 2 heterocycles. The molecule has 0 bridgehead atoms. The summed E-state index contributed by atoms with van der Waals surface area (Å²) in [7, 11) is 0. The van der Waals surface area contributed by atoms with Gasteiger partial charge in [-0.15, -0.1) is 0 Å². The average molecular weight is 406 g/mol. The highest BCUT2D eigenvalue weighted by molar-refractivity contribution is 6.09. The predicted octanol–water partition coefficient (Wildman–Crippen LogP) is 4.41. The first-order valence-electron chi connectivity index (χ1n) is 11.1. The van der Waals surface area contributed by atoms with Gasteiger partial charge in [0.2, 0.25) is 0 Å². The lowest BCUT2D eigenvalue weighted by Gasteiger charge is -2.30. The number of anilines is 1. The van der Waals surface area contributed by atoms with Gasteiger partial charge in [-0.05, 0) is 68.0 Å². The largest absolute Gasteiger partial charge is 0.339 e. The minimum absolute atomic E-state index is 0.00509. The van der Waals surface area contributed by atoms with E-state index in [1.807, 2.05) is 41.3 Å². The fourth-order valence-electron chi connectivity index (χ4n) is 4.51. The topological polar surface area (TPSA) is 52.7 Å². The van der Waals surface area contributed by atoms with Crippen molar-refractivity contribution >= 4 is 17.5 Å². The average Bonchev–Trinajstić information content (AvgIpc) is 3.29. The summed E-state index contributed by atoms with van der Waals surface area (Å²) in [6.45, 7) is 7.11. The van der Waals surface area contributed by atoms with E-state index in [0.717, 1.165) is 51.5 Å². The fraction of sp³-hybridized carbons (Fsp3) is 0.440. The molecule has 30 heavy (non-hydrogen) atoms. The van der Waals surface area contributed by atoms with Crippen molar-refractivity contribution in [3.05, 3.63) is 65.2 Å². The van der Waals surface area contributed by atoms with Crippen LogP contribution in [-0.4, -0.2) is 47.8 Å². The van der Waals surface area contributed by atoms with Gasteiger partial charge in [0, 0.05) is 31.7 Å². The highest BCUT2D eigenvalue weighted by atomic mass is 16.2. The van der Waals surface area contributed by atoms with Gasteiger partial charge in [-0.3, -0.25) is 14.5 Å². The number of likely N-dealkylation sites (tertiary alicyclic amines) is 2. The molecule has 5 heteroatoms. The maximum atomic E-state index is 12.8. The first-order valence-corrected chi connectivity index (χ1v) is 11.1. The first kappa shape index (κ1) is 20.6. The van der Waals surface area contributed by atoms with Crippen LogP contribution in [0.2, 0.25) is 0 Å². The van der Waals surface area contributed by atoms with Crippen LogP contribution in [0.3, 0.4) is 0 Å². The van der Waals surface area contributed by atoms with E-state index in [2.05, 4.69) is 17.1 Å². The number of benzene rings is 2. The molecule has 2 aliphatic heterocycles. The molecule has 1 atom stereocenters. The standard InChI is InChI=1S/C25H31N3O2/c1-19-7-6-14-27(17-19)18-20-10-12-21(13-11-20)24(29)26-23-9-3-2-8-22(23)25(30)28-15-4-5-16-28/h2-3,8-13,19H,4-7,14-18H2,1H3,(H,26,29)/t19-/m0/s1. The fourth-order valence-corrected chi connectivity index (χ4v) is 4.51. The number of piperidine rings is 1. The second-order valence-corrected chi connectivity index (χ2v) is 8.68. The first-order chi connectivity index (χ1) is 14.6. The highest BCUT2D eigenvalue weighted by Gasteiger charge is 2.22. The minimum Gasteiger partial charge on any atom is -0.339 e. The van der Waals surface area contributed by atoms with E-state index in [-0.39, 0.29) is 11.8 Å². The molecule has 2 aromatic carbocycles. The molecule has 158 valence electrons. The van der Waals surface area contributed by atoms with Gasteiger partial charge in [0.15, 0.2) is 0 Å². The van der Waals surface area contributed by atoms with E-state index < -0.39 is 0 Å². The predicted molar refractivity (Wildman–Crippen MR) is 120 cm³/mol. The number of carbonyl (C=O) groups excluding carboxylic acids is 2. The van der Waals surface area contributed by atoms with Gasteiger partial charge >= 0.3 is 0 Å². The number of hydrogen-bond acceptors (Lipinski definition) is 3. The zero-order chi connectivity index (χ0) is 20.9. The van der Waals surface area contributed by atoms with Crippen LogP contribution < -0.4 is 5.32 Å². The van der Waals surface area contributed by atoms with Gasteiger partial charge in [-0.25, -0.2) is 0 Å². The molecule has 0 saturated carbocycles. The van der Waals surface area contributed by atoms with E-state index in [9.17, 15) is 9.59 Å². The van der Waals surface area contributed by atoms with Crippen molar-refractivity contribution in [3.8, 4) is 0 Å². The molecule has 0 unspecified atom stereocenters. The molecule has 0 radical (unpaired) electrons. The van der Waals surface area contributed by atoms with Gasteiger partial charge in [0.05, 0.1) is 11.3 Å². The number of rotatable bonds is 5. The van der Waals surface area contributed by atoms with Crippen molar-refractivity contribution in [2.75, 3.05) is 31.5 Å². The molecule has 5 nitrogen and oxygen atoms in total. The Morgan fingerprint density at radius 1 is 0.967 bits per heavy atom. The van der Waals surface area contributed by atoms with Crippen LogP contribution in [0.1, 0.15) is 58.9 Å². The van der Waals surface area contributed by atoms with Gasteiger partial charge in [-0.1, -0.05) is 31.2 Å². The minimum atomic E-state index is -0.185. The van der Waals surface area contributed by atoms with Crippen LogP contribution in [0.5, 0.6) is 0 Å². The van der Waals surface area contributed by atoms with Crippen molar-refractivity contribution in [1.82, 2.24) is 9.80 Å². The Kier molecular flexibility index (Phi) is 6.48. The maximum absolute atomic E-state index is 12.8. The van der Waals surface area contributed by atoms with Crippen molar-refractivity contribution in [2.45, 2.75) is 39.2 Å². The van der Waals surface area contributed by atoms with Gasteiger partial charge in [-0.2, -0.15) is 0 Å². The van der Waals surface area contributed by atoms with Crippen LogP contribution in [0.4, 0.5) is 5.69 Å². The quantitative estimate of drug-likeness (QED) is 0.802. The number of carbonyl (C=O) groups is 2. The molecule has 0 spiro atoms. The zero-order valence-electron chi connectivity index (χ0n) is 17.8. The summed E-state index contributed by atoms with van der Waals surface area (Å²) in [6.07, 6.45) is 4.67. The Labute approximate surface area is 179 Å². The number of hydrogen-bond donors (Lipinski definition) is 1. The van der Waals surface area contributed by atoms with Gasteiger partial charge in [0.1, 0.15) is 0 Å². The van der Waals surface area contributed by atoms with E-state index in [4.69, 9.17) is 0 Å². The van der Waals surface area contributed by atoms with Crippen molar-refractivity contribution < 1.29 is 9.59 Å². The molecule has 2 aromatic rings. The van der Waals surface area contributed by atoms with Crippen LogP contribution in [0, 0.1) is 5.92 Å². The summed E-state index contributed by atoms with van der Waals surface area (Å²) >= 11 is 0. The summed E-state index contributed by atoms with van der Waals surface area (Å²) in [5.74, 6) is 0.566. The van der Waals surface area contributed by atoms with Crippen molar-refractivity contribution in [3.63, 3.8) is 0 Å². The third-order valence-electron chi connectivity index (χ3n) is 6.16. The van der Waals surface area contributed by atoms with E-state index >= 15 is 0 Å². The van der Waals surface area contributed by atoms with Crippen LogP contribution >= 0.6 is 0 Å². The molecule has 4 rings (SSSR count). The Bertz CT molecular complexity index is 888. The lowest BCUT2D eigenvalue weighted by molar-refractivity contribution is 0.0794. The molecule has 2 fully saturated rings. The summed E-state index contributed by atoms with van der Waals surface area (Å²) < 4.78 is 0. The molecule has 0 aliphatic carbocycles. The molecular weight excluding hydrogens is 374 g/mol. The normalized spacial score (nSPS) is 19.6. The molecule has 2 saturated heterocycles. The van der Waals surface area contributed by atoms with Gasteiger partial charge < -0.3 is 10.2 Å².